The van der Waals surface area contributed by atoms with Crippen LogP contribution in [0, 0.1) is 0 Å². The van der Waals surface area contributed by atoms with Crippen LogP contribution >= 0.6 is 0 Å². The highest BCUT2D eigenvalue weighted by Gasteiger charge is 2.17. The van der Waals surface area contributed by atoms with Crippen LogP contribution in [0.1, 0.15) is 25.7 Å². The molecular formula is C16H24N4O. The first-order valence-electron chi connectivity index (χ1n) is 7.90. The number of ether oxygens (including phenoxy) is 1. The third kappa shape index (κ3) is 3.60. The van der Waals surface area contributed by atoms with Crippen molar-refractivity contribution in [1.29, 1.82) is 0 Å². The maximum absolute atomic E-state index is 5.41. The van der Waals surface area contributed by atoms with Gasteiger partial charge >= 0.3 is 0 Å². The summed E-state index contributed by atoms with van der Waals surface area (Å²) in [4.78, 5) is 2.55. The molecule has 0 N–H and O–H groups in total. The molecule has 1 aromatic heterocycles. The monoisotopic (exact) mass is 288 g/mol. The first-order valence-corrected chi connectivity index (χ1v) is 7.90. The second-order valence-corrected chi connectivity index (χ2v) is 5.79. The van der Waals surface area contributed by atoms with Crippen molar-refractivity contribution in [3.8, 4) is 0 Å². The normalized spacial score (nSPS) is 17.6. The summed E-state index contributed by atoms with van der Waals surface area (Å²) in [5.41, 5.74) is 2.12. The fourth-order valence-corrected chi connectivity index (χ4v) is 3.05. The summed E-state index contributed by atoms with van der Waals surface area (Å²) in [7, 11) is 1.82. The maximum Gasteiger partial charge on any atom is 0.113 e. The number of nitrogens with zero attached hydrogens (tertiary/aromatic N) is 4. The smallest absolute Gasteiger partial charge is 0.113 e. The minimum atomic E-state index is 0.475. The zero-order valence-electron chi connectivity index (χ0n) is 12.7. The van der Waals surface area contributed by atoms with E-state index in [0.29, 0.717) is 6.10 Å². The third-order valence-electron chi connectivity index (χ3n) is 4.38. The van der Waals surface area contributed by atoms with E-state index in [2.05, 4.69) is 21.3 Å². The molecule has 1 saturated heterocycles. The fourth-order valence-electron chi connectivity index (χ4n) is 3.05. The Bertz CT molecular complexity index is 560. The lowest BCUT2D eigenvalue weighted by molar-refractivity contribution is 0.0406. The molecule has 21 heavy (non-hydrogen) atoms. The predicted octanol–water partition coefficient (Wildman–Crippen LogP) is 2.32. The SMILES string of the molecule is COC1CCN(CCCCn2nnc3ccccc32)CC1. The quantitative estimate of drug-likeness (QED) is 0.765. The van der Waals surface area contributed by atoms with Crippen LogP contribution in [0.2, 0.25) is 0 Å². The Kier molecular flexibility index (Phi) is 4.83. The lowest BCUT2D eigenvalue weighted by Crippen LogP contribution is -2.37. The molecule has 0 spiro atoms. The molecule has 0 atom stereocenters. The van der Waals surface area contributed by atoms with E-state index in [9.17, 15) is 0 Å². The van der Waals surface area contributed by atoms with E-state index in [1.807, 2.05) is 30.0 Å². The highest BCUT2D eigenvalue weighted by molar-refractivity contribution is 5.73. The van der Waals surface area contributed by atoms with E-state index < -0.39 is 0 Å². The molecular weight excluding hydrogens is 264 g/mol. The van der Waals surface area contributed by atoms with Gasteiger partial charge in [0.15, 0.2) is 0 Å². The Morgan fingerprint density at radius 3 is 2.71 bits per heavy atom. The molecule has 1 aliphatic rings. The average molecular weight is 288 g/mol. The van der Waals surface area contributed by atoms with E-state index in [1.165, 1.54) is 38.9 Å². The van der Waals surface area contributed by atoms with Gasteiger partial charge in [0.25, 0.3) is 0 Å². The molecule has 0 saturated carbocycles. The zero-order chi connectivity index (χ0) is 14.5. The van der Waals surface area contributed by atoms with E-state index in [-0.39, 0.29) is 0 Å². The van der Waals surface area contributed by atoms with Crippen molar-refractivity contribution >= 4 is 11.0 Å². The Balaban J connectivity index is 1.41. The lowest BCUT2D eigenvalue weighted by atomic mass is 10.1. The number of likely N-dealkylation sites (tertiary alicyclic amines) is 1. The molecule has 0 amide bonds. The van der Waals surface area contributed by atoms with E-state index in [4.69, 9.17) is 4.74 Å². The lowest BCUT2D eigenvalue weighted by Gasteiger charge is -2.31. The molecule has 0 aliphatic carbocycles. The fraction of sp³-hybridized carbons (Fsp3) is 0.625. The Morgan fingerprint density at radius 1 is 1.14 bits per heavy atom. The van der Waals surface area contributed by atoms with Crippen molar-refractivity contribution in [1.82, 2.24) is 19.9 Å². The van der Waals surface area contributed by atoms with Crippen molar-refractivity contribution < 1.29 is 4.74 Å². The number of hydrogen-bond donors (Lipinski definition) is 0. The molecule has 2 aromatic rings. The third-order valence-corrected chi connectivity index (χ3v) is 4.38. The Labute approximate surface area is 125 Å². The van der Waals surface area contributed by atoms with Crippen LogP contribution in [0.4, 0.5) is 0 Å². The number of piperidine rings is 1. The summed E-state index contributed by atoms with van der Waals surface area (Å²) in [6.07, 6.45) is 5.18. The minimum Gasteiger partial charge on any atom is -0.381 e. The van der Waals surface area contributed by atoms with Crippen molar-refractivity contribution in [3.05, 3.63) is 24.3 Å². The largest absolute Gasteiger partial charge is 0.381 e. The molecule has 1 aromatic carbocycles. The minimum absolute atomic E-state index is 0.475. The number of benzene rings is 1. The van der Waals surface area contributed by atoms with Crippen molar-refractivity contribution in [2.45, 2.75) is 38.3 Å². The molecule has 0 radical (unpaired) electrons. The van der Waals surface area contributed by atoms with Gasteiger partial charge in [-0.25, -0.2) is 4.68 Å². The first-order chi connectivity index (χ1) is 10.4. The average Bonchev–Trinajstić information content (AvgIpc) is 2.95. The molecule has 1 fully saturated rings. The molecule has 0 bridgehead atoms. The highest BCUT2D eigenvalue weighted by atomic mass is 16.5. The molecule has 0 unspecified atom stereocenters. The molecule has 1 aliphatic heterocycles. The number of fused-ring (bicyclic) bond motifs is 1. The van der Waals surface area contributed by atoms with E-state index in [0.717, 1.165) is 24.0 Å². The summed E-state index contributed by atoms with van der Waals surface area (Å²) in [5, 5.41) is 8.43. The molecule has 114 valence electrons. The zero-order valence-corrected chi connectivity index (χ0v) is 12.7. The van der Waals surface area contributed by atoms with Crippen LogP contribution in [-0.2, 0) is 11.3 Å². The summed E-state index contributed by atoms with van der Waals surface area (Å²) in [5.74, 6) is 0. The summed E-state index contributed by atoms with van der Waals surface area (Å²) >= 11 is 0. The number of aryl methyl sites for hydroxylation is 1. The number of hydrogen-bond acceptors (Lipinski definition) is 4. The Morgan fingerprint density at radius 2 is 1.90 bits per heavy atom. The number of para-hydroxylation sites is 1. The molecule has 2 heterocycles. The molecule has 5 nitrogen and oxygen atoms in total. The number of rotatable bonds is 6. The van der Waals surface area contributed by atoms with Gasteiger partial charge in [-0.2, -0.15) is 0 Å². The number of aromatic nitrogens is 3. The van der Waals surface area contributed by atoms with Crippen LogP contribution in [0.3, 0.4) is 0 Å². The maximum atomic E-state index is 5.41. The van der Waals surface area contributed by atoms with Crippen LogP contribution in [0.25, 0.3) is 11.0 Å². The van der Waals surface area contributed by atoms with Gasteiger partial charge in [0, 0.05) is 26.7 Å². The first kappa shape index (κ1) is 14.5. The molecule has 5 heteroatoms. The van der Waals surface area contributed by atoms with Crippen LogP contribution < -0.4 is 0 Å². The van der Waals surface area contributed by atoms with Gasteiger partial charge in [-0.15, -0.1) is 5.10 Å². The van der Waals surface area contributed by atoms with Crippen LogP contribution in [0.5, 0.6) is 0 Å². The van der Waals surface area contributed by atoms with Crippen molar-refractivity contribution in [2.24, 2.45) is 0 Å². The second kappa shape index (κ2) is 7.00. The van der Waals surface area contributed by atoms with Gasteiger partial charge in [-0.05, 0) is 44.4 Å². The predicted molar refractivity (Wildman–Crippen MR) is 83.2 cm³/mol. The van der Waals surface area contributed by atoms with Gasteiger partial charge in [-0.3, -0.25) is 0 Å². The van der Waals surface area contributed by atoms with Gasteiger partial charge in [0.2, 0.25) is 0 Å². The van der Waals surface area contributed by atoms with Gasteiger partial charge in [0.1, 0.15) is 5.52 Å². The van der Waals surface area contributed by atoms with Gasteiger partial charge in [0.05, 0.1) is 11.6 Å². The Hall–Kier alpha value is -1.46. The molecule has 3 rings (SSSR count). The van der Waals surface area contributed by atoms with Gasteiger partial charge < -0.3 is 9.64 Å². The topological polar surface area (TPSA) is 43.2 Å². The van der Waals surface area contributed by atoms with Crippen LogP contribution in [-0.4, -0.2) is 52.7 Å². The number of methoxy groups -OCH3 is 1. The number of unbranched alkanes of at least 4 members (excludes halogenated alkanes) is 1. The van der Waals surface area contributed by atoms with Gasteiger partial charge in [-0.1, -0.05) is 17.3 Å². The van der Waals surface area contributed by atoms with E-state index in [1.54, 1.807) is 0 Å². The highest BCUT2D eigenvalue weighted by Crippen LogP contribution is 2.14. The van der Waals surface area contributed by atoms with E-state index >= 15 is 0 Å². The van der Waals surface area contributed by atoms with Crippen molar-refractivity contribution in [2.75, 3.05) is 26.7 Å². The summed E-state index contributed by atoms with van der Waals surface area (Å²) in [6, 6.07) is 8.15. The van der Waals surface area contributed by atoms with Crippen LogP contribution in [0.15, 0.2) is 24.3 Å². The second-order valence-electron chi connectivity index (χ2n) is 5.79. The summed E-state index contributed by atoms with van der Waals surface area (Å²) < 4.78 is 7.43. The standard InChI is InChI=1S/C16H24N4O/c1-21-14-8-12-19(13-9-14)10-4-5-11-20-16-7-3-2-6-15(16)17-18-20/h2-3,6-7,14H,4-5,8-13H2,1H3. The summed E-state index contributed by atoms with van der Waals surface area (Å²) in [6.45, 7) is 4.48. The van der Waals surface area contributed by atoms with Crippen molar-refractivity contribution in [3.63, 3.8) is 0 Å².